The number of benzene rings is 2. The van der Waals surface area contributed by atoms with Crippen LogP contribution in [0.1, 0.15) is 31.4 Å². The van der Waals surface area contributed by atoms with Gasteiger partial charge >= 0.3 is 5.97 Å². The predicted octanol–water partition coefficient (Wildman–Crippen LogP) is 4.86. The van der Waals surface area contributed by atoms with Crippen molar-refractivity contribution in [2.24, 2.45) is 5.92 Å². The van der Waals surface area contributed by atoms with Gasteiger partial charge in [0.05, 0.1) is 19.3 Å². The summed E-state index contributed by atoms with van der Waals surface area (Å²) in [6, 6.07) is 18.1. The second kappa shape index (κ2) is 7.19. The Morgan fingerprint density at radius 2 is 1.86 bits per heavy atom. The van der Waals surface area contributed by atoms with Crippen molar-refractivity contribution in [1.29, 1.82) is 0 Å². The van der Waals surface area contributed by atoms with Crippen molar-refractivity contribution in [2.75, 3.05) is 13.7 Å². The van der Waals surface area contributed by atoms with Crippen LogP contribution in [0.2, 0.25) is 0 Å². The Balaban J connectivity index is 1.80. The molecule has 2 aromatic carbocycles. The van der Waals surface area contributed by atoms with Crippen LogP contribution in [0, 0.1) is 5.92 Å². The zero-order valence-electron chi connectivity index (χ0n) is 16.4. The molecular formula is C24H24O4. The number of fused-ring (bicyclic) bond motifs is 1. The van der Waals surface area contributed by atoms with Crippen LogP contribution in [0.25, 0.3) is 5.57 Å². The van der Waals surface area contributed by atoms with Crippen LogP contribution in [-0.4, -0.2) is 19.7 Å². The molecule has 2 aromatic rings. The maximum Gasteiger partial charge on any atom is 0.337 e. The van der Waals surface area contributed by atoms with E-state index >= 15 is 0 Å². The first-order valence-electron chi connectivity index (χ1n) is 9.57. The maximum atomic E-state index is 12.7. The van der Waals surface area contributed by atoms with Crippen molar-refractivity contribution in [3.63, 3.8) is 0 Å². The average Bonchev–Trinajstić information content (AvgIpc) is 3.21. The lowest BCUT2D eigenvalue weighted by Crippen LogP contribution is -2.30. The van der Waals surface area contributed by atoms with E-state index in [9.17, 15) is 4.79 Å². The van der Waals surface area contributed by atoms with Crippen molar-refractivity contribution < 1.29 is 19.0 Å². The smallest absolute Gasteiger partial charge is 0.337 e. The molecule has 0 aromatic heterocycles. The molecule has 0 radical (unpaired) electrons. The Bertz CT molecular complexity index is 940. The number of hydrogen-bond acceptors (Lipinski definition) is 4. The van der Waals surface area contributed by atoms with Gasteiger partial charge in [0.25, 0.3) is 0 Å². The summed E-state index contributed by atoms with van der Waals surface area (Å²) >= 11 is 0. The summed E-state index contributed by atoms with van der Waals surface area (Å²) in [6.07, 6.45) is 2.89. The van der Waals surface area contributed by atoms with E-state index in [4.69, 9.17) is 14.2 Å². The predicted molar refractivity (Wildman–Crippen MR) is 108 cm³/mol. The molecule has 1 aliphatic heterocycles. The topological polar surface area (TPSA) is 44.8 Å². The third kappa shape index (κ3) is 2.89. The van der Waals surface area contributed by atoms with Gasteiger partial charge in [0.15, 0.2) is 5.60 Å². The van der Waals surface area contributed by atoms with Crippen LogP contribution < -0.4 is 4.74 Å². The summed E-state index contributed by atoms with van der Waals surface area (Å²) in [5.41, 5.74) is 3.26. The molecule has 4 rings (SSSR count). The number of carbonyl (C=O) groups is 1. The van der Waals surface area contributed by atoms with E-state index < -0.39 is 5.60 Å². The number of allylic oxidation sites excluding steroid dienone is 2. The largest absolute Gasteiger partial charge is 0.497 e. The molecule has 0 bridgehead atoms. The van der Waals surface area contributed by atoms with Crippen molar-refractivity contribution in [1.82, 2.24) is 0 Å². The number of hydrogen-bond donors (Lipinski definition) is 0. The first-order valence-corrected chi connectivity index (χ1v) is 9.57. The van der Waals surface area contributed by atoms with Gasteiger partial charge in [-0.2, -0.15) is 0 Å². The molecule has 4 heteroatoms. The van der Waals surface area contributed by atoms with Gasteiger partial charge < -0.3 is 14.2 Å². The van der Waals surface area contributed by atoms with Gasteiger partial charge in [0.2, 0.25) is 0 Å². The number of carbonyl (C=O) groups excluding carboxylic acids is 1. The van der Waals surface area contributed by atoms with Gasteiger partial charge in [-0.1, -0.05) is 42.5 Å². The van der Waals surface area contributed by atoms with E-state index in [1.165, 1.54) is 5.57 Å². The molecule has 0 fully saturated rings. The van der Waals surface area contributed by atoms with E-state index in [0.717, 1.165) is 23.3 Å². The van der Waals surface area contributed by atoms with Gasteiger partial charge in [-0.3, -0.25) is 0 Å². The number of rotatable bonds is 5. The lowest BCUT2D eigenvalue weighted by atomic mass is 9.80. The molecule has 1 aliphatic carbocycles. The van der Waals surface area contributed by atoms with E-state index in [1.54, 1.807) is 7.11 Å². The summed E-state index contributed by atoms with van der Waals surface area (Å²) in [5, 5.41) is 0. The maximum absolute atomic E-state index is 12.7. The molecule has 4 nitrogen and oxygen atoms in total. The summed E-state index contributed by atoms with van der Waals surface area (Å²) in [6.45, 7) is 4.02. The van der Waals surface area contributed by atoms with Crippen LogP contribution in [0.5, 0.6) is 5.75 Å². The number of esters is 1. The van der Waals surface area contributed by atoms with E-state index in [2.05, 4.69) is 18.2 Å². The minimum absolute atomic E-state index is 0.116. The minimum Gasteiger partial charge on any atom is -0.497 e. The van der Waals surface area contributed by atoms with Gasteiger partial charge in [-0.15, -0.1) is 0 Å². The minimum atomic E-state index is -0.705. The molecule has 1 heterocycles. The van der Waals surface area contributed by atoms with Crippen LogP contribution >= 0.6 is 0 Å². The lowest BCUT2D eigenvalue weighted by molar-refractivity contribution is -0.139. The fourth-order valence-corrected chi connectivity index (χ4v) is 4.30. The molecular weight excluding hydrogens is 352 g/mol. The van der Waals surface area contributed by atoms with Gasteiger partial charge in [0.1, 0.15) is 11.5 Å². The van der Waals surface area contributed by atoms with Gasteiger partial charge in [0, 0.05) is 11.5 Å². The van der Waals surface area contributed by atoms with Crippen molar-refractivity contribution >= 4 is 11.5 Å². The Morgan fingerprint density at radius 3 is 2.50 bits per heavy atom. The van der Waals surface area contributed by atoms with Crippen LogP contribution in [0.3, 0.4) is 0 Å². The van der Waals surface area contributed by atoms with Gasteiger partial charge in [-0.25, -0.2) is 4.79 Å². The quantitative estimate of drug-likeness (QED) is 0.699. The Labute approximate surface area is 165 Å². The third-order valence-electron chi connectivity index (χ3n) is 5.56. The fraction of sp³-hybridized carbons (Fsp3) is 0.292. The zero-order chi connectivity index (χ0) is 19.7. The molecule has 28 heavy (non-hydrogen) atoms. The SMILES string of the molecule is CCOC(=O)C1=C(C)O[C@@]2(c3ccc(OC)cc3)C=C(c3ccccc3)C[C@@H]12. The molecule has 0 amide bonds. The van der Waals surface area contributed by atoms with Crippen LogP contribution in [0.15, 0.2) is 72.0 Å². The second-order valence-corrected chi connectivity index (χ2v) is 7.11. The molecule has 2 aliphatic rings. The van der Waals surface area contributed by atoms with E-state index in [0.29, 0.717) is 17.9 Å². The average molecular weight is 376 g/mol. The third-order valence-corrected chi connectivity index (χ3v) is 5.56. The standard InChI is InChI=1S/C24H24O4/c1-4-27-23(25)22-16(2)28-24(19-10-12-20(26-3)13-11-19)15-18(14-21(22)24)17-8-6-5-7-9-17/h5-13,15,21H,4,14H2,1-3H3/t21-,24+/m0/s1. The highest BCUT2D eigenvalue weighted by Crippen LogP contribution is 2.56. The highest BCUT2D eigenvalue weighted by molar-refractivity contribution is 5.92. The summed E-state index contributed by atoms with van der Waals surface area (Å²) in [7, 11) is 1.65. The van der Waals surface area contributed by atoms with Crippen LogP contribution in [-0.2, 0) is 19.9 Å². The van der Waals surface area contributed by atoms with E-state index in [-0.39, 0.29) is 11.9 Å². The molecule has 0 N–H and O–H groups in total. The highest BCUT2D eigenvalue weighted by Gasteiger charge is 2.54. The Morgan fingerprint density at radius 1 is 1.14 bits per heavy atom. The molecule has 0 saturated heterocycles. The van der Waals surface area contributed by atoms with Crippen molar-refractivity contribution in [2.45, 2.75) is 25.9 Å². The first-order chi connectivity index (χ1) is 13.6. The molecule has 2 atom stereocenters. The van der Waals surface area contributed by atoms with Gasteiger partial charge in [-0.05, 0) is 49.6 Å². The molecule has 144 valence electrons. The summed E-state index contributed by atoms with van der Waals surface area (Å²) < 4.78 is 17.1. The monoisotopic (exact) mass is 376 g/mol. The second-order valence-electron chi connectivity index (χ2n) is 7.11. The van der Waals surface area contributed by atoms with Crippen molar-refractivity contribution in [3.8, 4) is 5.75 Å². The Hall–Kier alpha value is -3.01. The lowest BCUT2D eigenvalue weighted by Gasteiger charge is -2.29. The fourth-order valence-electron chi connectivity index (χ4n) is 4.30. The van der Waals surface area contributed by atoms with Crippen LogP contribution in [0.4, 0.5) is 0 Å². The normalized spacial score (nSPS) is 23.1. The molecule has 0 spiro atoms. The highest BCUT2D eigenvalue weighted by atomic mass is 16.5. The molecule has 0 saturated carbocycles. The first kappa shape index (κ1) is 18.4. The summed E-state index contributed by atoms with van der Waals surface area (Å²) in [4.78, 5) is 12.7. The molecule has 0 unspecified atom stereocenters. The Kier molecular flexibility index (Phi) is 4.71. The summed E-state index contributed by atoms with van der Waals surface area (Å²) in [5.74, 6) is 1.02. The van der Waals surface area contributed by atoms with Crippen molar-refractivity contribution in [3.05, 3.63) is 83.1 Å². The van der Waals surface area contributed by atoms with E-state index in [1.807, 2.05) is 56.3 Å². The zero-order valence-corrected chi connectivity index (χ0v) is 16.4. The number of methoxy groups -OCH3 is 1. The number of ether oxygens (including phenoxy) is 3.